The first-order chi connectivity index (χ1) is 17.9. The third kappa shape index (κ3) is 3.20. The highest BCUT2D eigenvalue weighted by molar-refractivity contribution is 5.91. The standard InChI is InChI=1S/C30H43FN2O5/c1-6-7-8-11-33-16-18-14-27(4)19(12-22(18)32-33)9-10-20-21-13-25-30(24(36)17-34,38-26(2,3)37-25)28(21,5)15-23(35)29(20,27)31/h12,16,20-21,23,25,34-35H,6-11,13-15,17H2,1-5H3/t20-,21-,23-,25+,27-,28-,29-,30+/m0/s1. The minimum atomic E-state index is -1.86. The molecule has 210 valence electrons. The summed E-state index contributed by atoms with van der Waals surface area (Å²) in [6.45, 7) is 9.84. The number of rotatable bonds is 6. The summed E-state index contributed by atoms with van der Waals surface area (Å²) in [5.74, 6) is -2.10. The van der Waals surface area contributed by atoms with Crippen molar-refractivity contribution >= 4 is 11.9 Å². The Morgan fingerprint density at radius 3 is 2.71 bits per heavy atom. The Bertz CT molecular complexity index is 1180. The van der Waals surface area contributed by atoms with Crippen molar-refractivity contribution in [1.82, 2.24) is 9.78 Å². The molecular formula is C30H43FN2O5. The highest BCUT2D eigenvalue weighted by Gasteiger charge is 2.80. The molecular weight excluding hydrogens is 487 g/mol. The minimum Gasteiger partial charge on any atom is -0.390 e. The molecule has 0 radical (unpaired) electrons. The van der Waals surface area contributed by atoms with E-state index in [-0.39, 0.29) is 12.3 Å². The van der Waals surface area contributed by atoms with Gasteiger partial charge in [0, 0.05) is 29.5 Å². The van der Waals surface area contributed by atoms with Crippen LogP contribution < -0.4 is 0 Å². The molecule has 1 saturated heterocycles. The number of fused-ring (bicyclic) bond motifs is 8. The number of ether oxygens (including phenoxy) is 2. The molecule has 6 rings (SSSR count). The second kappa shape index (κ2) is 8.45. The second-order valence-electron chi connectivity index (χ2n) is 13.5. The highest BCUT2D eigenvalue weighted by atomic mass is 19.1. The fraction of sp³-hybridized carbons (Fsp3) is 0.800. The summed E-state index contributed by atoms with van der Waals surface area (Å²) in [7, 11) is 0. The molecule has 8 atom stereocenters. The maximum atomic E-state index is 17.9. The molecule has 0 amide bonds. The van der Waals surface area contributed by atoms with Crippen molar-refractivity contribution in [3.05, 3.63) is 23.0 Å². The number of alkyl halides is 1. The Morgan fingerprint density at radius 2 is 2.00 bits per heavy atom. The Labute approximate surface area is 224 Å². The zero-order chi connectivity index (χ0) is 27.3. The van der Waals surface area contributed by atoms with E-state index in [1.807, 2.05) is 18.5 Å². The number of hydrogen-bond donors (Lipinski definition) is 2. The normalized spacial score (nSPS) is 44.5. The molecule has 1 aromatic heterocycles. The van der Waals surface area contributed by atoms with Gasteiger partial charge in [-0.25, -0.2) is 4.39 Å². The van der Waals surface area contributed by atoms with Crippen LogP contribution in [0.2, 0.25) is 0 Å². The zero-order valence-electron chi connectivity index (χ0n) is 23.4. The van der Waals surface area contributed by atoms with E-state index in [4.69, 9.17) is 14.6 Å². The molecule has 5 aliphatic rings. The lowest BCUT2D eigenvalue weighted by molar-refractivity contribution is -0.250. The summed E-state index contributed by atoms with van der Waals surface area (Å²) >= 11 is 0. The summed E-state index contributed by atoms with van der Waals surface area (Å²) in [6.07, 6.45) is 8.01. The Hall–Kier alpha value is -1.61. The van der Waals surface area contributed by atoms with Crippen molar-refractivity contribution in [3.8, 4) is 0 Å². The monoisotopic (exact) mass is 530 g/mol. The van der Waals surface area contributed by atoms with E-state index in [2.05, 4.69) is 19.2 Å². The Balaban J connectivity index is 1.37. The maximum absolute atomic E-state index is 17.9. The number of allylic oxidation sites excluding steroid dienone is 1. The third-order valence-electron chi connectivity index (χ3n) is 11.1. The fourth-order valence-electron chi connectivity index (χ4n) is 9.46. The number of unbranched alkanes of at least 4 members (excludes halogenated alkanes) is 2. The van der Waals surface area contributed by atoms with Gasteiger partial charge in [0.15, 0.2) is 17.2 Å². The van der Waals surface area contributed by atoms with E-state index in [1.54, 1.807) is 13.8 Å². The van der Waals surface area contributed by atoms with Crippen LogP contribution >= 0.6 is 0 Å². The molecule has 2 N–H and O–H groups in total. The summed E-state index contributed by atoms with van der Waals surface area (Å²) in [5.41, 5.74) is -1.98. The van der Waals surface area contributed by atoms with Crippen LogP contribution in [-0.2, 0) is 27.2 Å². The summed E-state index contributed by atoms with van der Waals surface area (Å²) < 4.78 is 32.5. The van der Waals surface area contributed by atoms with Gasteiger partial charge in [0.1, 0.15) is 12.3 Å². The first kappa shape index (κ1) is 26.6. The van der Waals surface area contributed by atoms with E-state index in [0.717, 1.165) is 49.1 Å². The van der Waals surface area contributed by atoms with Crippen LogP contribution in [0.4, 0.5) is 4.39 Å². The highest BCUT2D eigenvalue weighted by Crippen LogP contribution is 2.72. The van der Waals surface area contributed by atoms with Crippen LogP contribution in [0.25, 0.3) is 6.08 Å². The number of aliphatic hydroxyl groups excluding tert-OH is 2. The van der Waals surface area contributed by atoms with Gasteiger partial charge in [-0.2, -0.15) is 5.10 Å². The Morgan fingerprint density at radius 1 is 1.24 bits per heavy atom. The van der Waals surface area contributed by atoms with Crippen molar-refractivity contribution in [3.63, 3.8) is 0 Å². The number of aryl methyl sites for hydroxylation is 1. The number of hydrogen-bond acceptors (Lipinski definition) is 6. The molecule has 0 aromatic carbocycles. The number of halogens is 1. The van der Waals surface area contributed by atoms with E-state index in [0.29, 0.717) is 19.3 Å². The van der Waals surface area contributed by atoms with Crippen molar-refractivity contribution in [2.75, 3.05) is 6.61 Å². The van der Waals surface area contributed by atoms with Crippen LogP contribution in [0.3, 0.4) is 0 Å². The first-order valence-corrected chi connectivity index (χ1v) is 14.5. The molecule has 4 fully saturated rings. The lowest BCUT2D eigenvalue weighted by atomic mass is 9.43. The molecule has 4 aliphatic carbocycles. The SMILES string of the molecule is CCCCCn1cc2c(n1)C=C1CC[C@H]3[C@@H]4C[C@H]5OC(C)(C)O[C@@]5(C(=O)CO)[C@@]4(C)C[C@H](O)[C@]3(F)[C@@]1(C)C2. The molecule has 1 aromatic rings. The van der Waals surface area contributed by atoms with Crippen molar-refractivity contribution < 1.29 is 28.9 Å². The molecule has 8 heteroatoms. The number of aliphatic hydroxyl groups is 2. The lowest BCUT2D eigenvalue weighted by Gasteiger charge is -2.63. The first-order valence-electron chi connectivity index (χ1n) is 14.5. The summed E-state index contributed by atoms with van der Waals surface area (Å²) in [4.78, 5) is 13.4. The van der Waals surface area contributed by atoms with E-state index in [9.17, 15) is 15.0 Å². The molecule has 38 heavy (non-hydrogen) atoms. The predicted molar refractivity (Wildman–Crippen MR) is 140 cm³/mol. The zero-order valence-corrected chi connectivity index (χ0v) is 23.4. The summed E-state index contributed by atoms with van der Waals surface area (Å²) in [5, 5.41) is 26.6. The second-order valence-corrected chi connectivity index (χ2v) is 13.5. The average molecular weight is 531 g/mol. The van der Waals surface area contributed by atoms with Crippen LogP contribution in [0.1, 0.15) is 90.8 Å². The molecule has 7 nitrogen and oxygen atoms in total. The maximum Gasteiger partial charge on any atom is 0.193 e. The minimum absolute atomic E-state index is 0.0817. The Kier molecular flexibility index (Phi) is 5.91. The lowest BCUT2D eigenvalue weighted by Crippen LogP contribution is -2.70. The van der Waals surface area contributed by atoms with Crippen molar-refractivity contribution in [1.29, 1.82) is 0 Å². The van der Waals surface area contributed by atoms with E-state index >= 15 is 4.39 Å². The largest absolute Gasteiger partial charge is 0.390 e. The predicted octanol–water partition coefficient (Wildman–Crippen LogP) is 4.38. The van der Waals surface area contributed by atoms with Crippen LogP contribution in [-0.4, -0.2) is 61.6 Å². The van der Waals surface area contributed by atoms with Gasteiger partial charge in [0.05, 0.1) is 17.9 Å². The molecule has 0 spiro atoms. The smallest absolute Gasteiger partial charge is 0.193 e. The number of aromatic nitrogens is 2. The van der Waals surface area contributed by atoms with Gasteiger partial charge in [0.25, 0.3) is 0 Å². The van der Waals surface area contributed by atoms with Gasteiger partial charge in [0.2, 0.25) is 0 Å². The van der Waals surface area contributed by atoms with Crippen LogP contribution in [0, 0.1) is 22.7 Å². The topological polar surface area (TPSA) is 93.8 Å². The molecule has 1 aliphatic heterocycles. The van der Waals surface area contributed by atoms with Crippen LogP contribution in [0.15, 0.2) is 11.8 Å². The van der Waals surface area contributed by atoms with Gasteiger partial charge in [-0.15, -0.1) is 0 Å². The van der Waals surface area contributed by atoms with Gasteiger partial charge in [-0.05, 0) is 69.9 Å². The summed E-state index contributed by atoms with van der Waals surface area (Å²) in [6, 6.07) is 0. The van der Waals surface area contributed by atoms with Crippen LogP contribution in [0.5, 0.6) is 0 Å². The molecule has 0 bridgehead atoms. The van der Waals surface area contributed by atoms with E-state index < -0.39 is 58.4 Å². The molecule has 0 unspecified atom stereocenters. The third-order valence-corrected chi connectivity index (χ3v) is 11.1. The number of ketones is 1. The molecule has 3 saturated carbocycles. The number of carbonyl (C=O) groups excluding carboxylic acids is 1. The van der Waals surface area contributed by atoms with Crippen molar-refractivity contribution in [2.45, 2.75) is 122 Å². The quantitative estimate of drug-likeness (QED) is 0.531. The average Bonchev–Trinajstić information content (AvgIpc) is 3.44. The van der Waals surface area contributed by atoms with Gasteiger partial charge in [-0.1, -0.05) is 39.2 Å². The fourth-order valence-corrected chi connectivity index (χ4v) is 9.46. The number of Topliss-reactive ketones (excluding diaryl/α,β-unsaturated/α-hetero) is 1. The van der Waals surface area contributed by atoms with Crippen molar-refractivity contribution in [2.24, 2.45) is 22.7 Å². The molecule has 2 heterocycles. The van der Waals surface area contributed by atoms with Gasteiger partial charge >= 0.3 is 0 Å². The number of nitrogens with zero attached hydrogens (tertiary/aromatic N) is 2. The number of carbonyl (C=O) groups is 1. The van der Waals surface area contributed by atoms with Gasteiger partial charge < -0.3 is 19.7 Å². The van der Waals surface area contributed by atoms with Gasteiger partial charge in [-0.3, -0.25) is 9.48 Å². The van der Waals surface area contributed by atoms with E-state index in [1.165, 1.54) is 0 Å².